The largest absolute Gasteiger partial charge is 0.350 e. The molecule has 1 aromatic carbocycles. The molecule has 0 amide bonds. The molecule has 0 bridgehead atoms. The molecular formula is C27H29N3OS2. The van der Waals surface area contributed by atoms with Crippen molar-refractivity contribution >= 4 is 34.4 Å². The normalized spacial score (nSPS) is 27.4. The quantitative estimate of drug-likeness (QED) is 0.428. The average Bonchev–Trinajstić information content (AvgIpc) is 2.84. The minimum absolute atomic E-state index is 0.232. The number of allylic oxidation sites excluding steroid dienone is 1. The Bertz CT molecular complexity index is 1140. The van der Waals surface area contributed by atoms with Crippen LogP contribution in [0.3, 0.4) is 0 Å². The Morgan fingerprint density at radius 2 is 1.70 bits per heavy atom. The van der Waals surface area contributed by atoms with Crippen LogP contribution in [0.2, 0.25) is 0 Å². The molecule has 2 saturated carbocycles. The summed E-state index contributed by atoms with van der Waals surface area (Å²) in [6.07, 6.45) is 12.8. The second kappa shape index (κ2) is 9.34. The molecule has 5 rings (SSSR count). The maximum Gasteiger partial charge on any atom is 0.148 e. The molecule has 1 saturated heterocycles. The highest BCUT2D eigenvalue weighted by atomic mass is 32.2. The van der Waals surface area contributed by atoms with Gasteiger partial charge in [-0.25, -0.2) is 4.98 Å². The first kappa shape index (κ1) is 22.8. The van der Waals surface area contributed by atoms with Gasteiger partial charge < -0.3 is 4.74 Å². The number of ether oxygens (including phenoxy) is 1. The first-order valence-corrected chi connectivity index (χ1v) is 13.7. The number of nitrogens with zero attached hydrogens (tertiary/aromatic N) is 3. The van der Waals surface area contributed by atoms with E-state index in [-0.39, 0.29) is 4.75 Å². The summed E-state index contributed by atoms with van der Waals surface area (Å²) in [6.45, 7) is 0. The number of fused-ring (bicyclic) bond motifs is 1. The molecule has 1 unspecified atom stereocenters. The van der Waals surface area contributed by atoms with E-state index in [0.717, 1.165) is 72.2 Å². The second-order valence-corrected chi connectivity index (χ2v) is 12.2. The topological polar surface area (TPSA) is 69.7 Å². The first-order chi connectivity index (χ1) is 16.1. The molecule has 170 valence electrons. The Morgan fingerprint density at radius 1 is 0.970 bits per heavy atom. The van der Waals surface area contributed by atoms with Gasteiger partial charge in [0, 0.05) is 16.4 Å². The Kier molecular flexibility index (Phi) is 6.45. The molecule has 2 heterocycles. The maximum absolute atomic E-state index is 10.1. The lowest BCUT2D eigenvalue weighted by Crippen LogP contribution is -2.61. The predicted octanol–water partition coefficient (Wildman–Crippen LogP) is 7.51. The van der Waals surface area contributed by atoms with Gasteiger partial charge in [0.15, 0.2) is 0 Å². The van der Waals surface area contributed by atoms with E-state index in [1.165, 1.54) is 12.8 Å². The van der Waals surface area contributed by atoms with Crippen molar-refractivity contribution in [3.8, 4) is 12.1 Å². The fourth-order valence-corrected chi connectivity index (χ4v) is 9.18. The van der Waals surface area contributed by atoms with Gasteiger partial charge in [-0.3, -0.25) is 0 Å². The molecule has 2 aromatic rings. The van der Waals surface area contributed by atoms with Crippen molar-refractivity contribution in [2.75, 3.05) is 0 Å². The average molecular weight is 476 g/mol. The molecule has 2 aliphatic carbocycles. The lowest BCUT2D eigenvalue weighted by Gasteiger charge is -2.60. The zero-order valence-electron chi connectivity index (χ0n) is 18.9. The van der Waals surface area contributed by atoms with Crippen molar-refractivity contribution < 1.29 is 4.74 Å². The number of para-hydroxylation sites is 1. The monoisotopic (exact) mass is 475 g/mol. The van der Waals surface area contributed by atoms with Gasteiger partial charge in [-0.05, 0) is 37.8 Å². The molecule has 1 aromatic heterocycles. The standard InChI is InChI=1S/C27H29N3OS2/c28-19-13-23-25(14-5-1-6-15-25)31-27(18-20-29,26(32-23)16-7-2-8-17-26)33-24-12-11-21-9-3-4-10-22(21)30-24/h3-4,9-13H,1-2,5-8,14-18H2. The van der Waals surface area contributed by atoms with Crippen LogP contribution in [0, 0.1) is 22.7 Å². The summed E-state index contributed by atoms with van der Waals surface area (Å²) in [4.78, 5) is 5.36. The van der Waals surface area contributed by atoms with E-state index in [1.807, 2.05) is 30.0 Å². The van der Waals surface area contributed by atoms with Crippen molar-refractivity contribution in [2.45, 2.75) is 90.9 Å². The van der Waals surface area contributed by atoms with E-state index in [9.17, 15) is 10.5 Å². The molecule has 1 atom stereocenters. The van der Waals surface area contributed by atoms with Crippen LogP contribution < -0.4 is 0 Å². The van der Waals surface area contributed by atoms with Crippen LogP contribution in [0.25, 0.3) is 10.9 Å². The molecule has 3 fully saturated rings. The number of pyridine rings is 1. The number of aromatic nitrogens is 1. The summed E-state index contributed by atoms with van der Waals surface area (Å²) in [5.74, 6) is 0. The number of hydrogen-bond donors (Lipinski definition) is 0. The maximum atomic E-state index is 10.1. The van der Waals surface area contributed by atoms with E-state index in [4.69, 9.17) is 9.72 Å². The molecule has 0 radical (unpaired) electrons. The van der Waals surface area contributed by atoms with Gasteiger partial charge in [0.05, 0.1) is 33.8 Å². The van der Waals surface area contributed by atoms with E-state index < -0.39 is 10.5 Å². The van der Waals surface area contributed by atoms with Crippen LogP contribution in [0.4, 0.5) is 0 Å². The van der Waals surface area contributed by atoms with Crippen molar-refractivity contribution in [3.63, 3.8) is 0 Å². The minimum atomic E-state index is -0.688. The van der Waals surface area contributed by atoms with E-state index in [2.05, 4.69) is 30.3 Å². The molecule has 1 aliphatic heterocycles. The summed E-state index contributed by atoms with van der Waals surface area (Å²) in [5, 5.41) is 21.7. The number of nitriles is 2. The van der Waals surface area contributed by atoms with Crippen LogP contribution in [0.1, 0.15) is 70.6 Å². The zero-order chi connectivity index (χ0) is 22.8. The number of thioether (sulfide) groups is 2. The van der Waals surface area contributed by atoms with Crippen molar-refractivity contribution in [1.82, 2.24) is 4.98 Å². The minimum Gasteiger partial charge on any atom is -0.350 e. The fourth-order valence-electron chi connectivity index (χ4n) is 5.86. The third kappa shape index (κ3) is 4.08. The lowest BCUT2D eigenvalue weighted by atomic mass is 9.79. The first-order valence-electron chi connectivity index (χ1n) is 12.1. The molecule has 4 nitrogen and oxygen atoms in total. The SMILES string of the molecule is N#CC=C1SC2(CCCCC2)C(CC#N)(Sc2ccc3ccccc3n2)OC12CCCCC2. The molecular weight excluding hydrogens is 446 g/mol. The van der Waals surface area contributed by atoms with Crippen molar-refractivity contribution in [2.24, 2.45) is 0 Å². The highest BCUT2D eigenvalue weighted by Gasteiger charge is 2.63. The Labute approximate surface area is 204 Å². The van der Waals surface area contributed by atoms with Crippen LogP contribution >= 0.6 is 23.5 Å². The zero-order valence-corrected chi connectivity index (χ0v) is 20.5. The number of hydrogen-bond acceptors (Lipinski definition) is 6. The highest BCUT2D eigenvalue weighted by molar-refractivity contribution is 8.07. The van der Waals surface area contributed by atoms with Gasteiger partial charge in [0.2, 0.25) is 0 Å². The van der Waals surface area contributed by atoms with Crippen molar-refractivity contribution in [3.05, 3.63) is 47.4 Å². The fraction of sp³-hybridized carbons (Fsp3) is 0.519. The summed E-state index contributed by atoms with van der Waals surface area (Å²) >= 11 is 3.53. The Balaban J connectivity index is 1.63. The predicted molar refractivity (Wildman–Crippen MR) is 135 cm³/mol. The highest BCUT2D eigenvalue weighted by Crippen LogP contribution is 2.66. The molecule has 6 heteroatoms. The Morgan fingerprint density at radius 3 is 2.42 bits per heavy atom. The van der Waals surface area contributed by atoms with Crippen LogP contribution in [-0.2, 0) is 4.74 Å². The van der Waals surface area contributed by atoms with E-state index >= 15 is 0 Å². The van der Waals surface area contributed by atoms with Gasteiger partial charge >= 0.3 is 0 Å². The van der Waals surface area contributed by atoms with Gasteiger partial charge in [0.1, 0.15) is 10.5 Å². The van der Waals surface area contributed by atoms with Gasteiger partial charge in [-0.15, -0.1) is 11.8 Å². The van der Waals surface area contributed by atoms with Crippen molar-refractivity contribution in [1.29, 1.82) is 10.5 Å². The summed E-state index contributed by atoms with van der Waals surface area (Å²) < 4.78 is 7.05. The third-order valence-electron chi connectivity index (χ3n) is 7.48. The van der Waals surface area contributed by atoms with E-state index in [1.54, 1.807) is 17.8 Å². The van der Waals surface area contributed by atoms with Gasteiger partial charge in [-0.1, -0.05) is 74.6 Å². The van der Waals surface area contributed by atoms with Crippen LogP contribution in [0.5, 0.6) is 0 Å². The molecule has 2 spiro atoms. The van der Waals surface area contributed by atoms with Gasteiger partial charge in [-0.2, -0.15) is 10.5 Å². The summed E-state index contributed by atoms with van der Waals surface area (Å²) in [6, 6.07) is 17.2. The smallest absolute Gasteiger partial charge is 0.148 e. The van der Waals surface area contributed by atoms with Crippen LogP contribution in [-0.4, -0.2) is 20.3 Å². The summed E-state index contributed by atoms with van der Waals surface area (Å²) in [7, 11) is 0. The summed E-state index contributed by atoms with van der Waals surface area (Å²) in [5.41, 5.74) is 0.510. The number of rotatable bonds is 3. The third-order valence-corrected chi connectivity index (χ3v) is 10.8. The lowest BCUT2D eigenvalue weighted by molar-refractivity contribution is -0.127. The molecule has 3 aliphatic rings. The second-order valence-electron chi connectivity index (χ2n) is 9.48. The van der Waals surface area contributed by atoms with Gasteiger partial charge in [0.25, 0.3) is 0 Å². The van der Waals surface area contributed by atoms with E-state index in [0.29, 0.717) is 6.42 Å². The number of benzene rings is 1. The molecule has 33 heavy (non-hydrogen) atoms. The Hall–Kier alpha value is -1.99. The molecule has 0 N–H and O–H groups in total. The van der Waals surface area contributed by atoms with Crippen LogP contribution in [0.15, 0.2) is 52.4 Å².